The molecule has 0 radical (unpaired) electrons. The van der Waals surface area contributed by atoms with Gasteiger partial charge in [0, 0.05) is 13.0 Å². The number of hydrogen-bond donors (Lipinski definition) is 3. The number of carbonyl (C=O) groups excluding carboxylic acids is 1. The number of hydrogen-bond acceptors (Lipinski definition) is 8. The van der Waals surface area contributed by atoms with Gasteiger partial charge in [-0.3, -0.25) is 13.8 Å². The van der Waals surface area contributed by atoms with E-state index in [1.165, 1.54) is 64.2 Å². The maximum absolute atomic E-state index is 12.7. The van der Waals surface area contributed by atoms with Gasteiger partial charge in [0.15, 0.2) is 0 Å². The predicted molar refractivity (Wildman–Crippen MR) is 288 cm³/mol. The van der Waals surface area contributed by atoms with Crippen LogP contribution in [0.4, 0.5) is 0 Å². The molecule has 3 atom stereocenters. The normalized spacial score (nSPS) is 14.6. The van der Waals surface area contributed by atoms with Crippen molar-refractivity contribution in [3.05, 3.63) is 109 Å². The Hall–Kier alpha value is -2.88. The minimum absolute atomic E-state index is 0.0255. The van der Waals surface area contributed by atoms with Crippen LogP contribution in [0.15, 0.2) is 109 Å². The number of carbonyl (C=O) groups is 1. The molecule has 10 heteroatoms. The molecule has 0 rings (SSSR count). The van der Waals surface area contributed by atoms with Crippen molar-refractivity contribution in [2.45, 2.75) is 219 Å². The lowest BCUT2D eigenvalue weighted by atomic mass is 10.1. The van der Waals surface area contributed by atoms with Crippen LogP contribution in [0.25, 0.3) is 0 Å². The lowest BCUT2D eigenvalue weighted by Crippen LogP contribution is -2.29. The highest BCUT2D eigenvalue weighted by Gasteiger charge is 2.26. The Morgan fingerprint density at radius 1 is 0.471 bits per heavy atom. The largest absolute Gasteiger partial charge is 0.472 e. The maximum Gasteiger partial charge on any atom is 0.472 e. The molecule has 0 aliphatic carbocycles. The van der Waals surface area contributed by atoms with Crippen LogP contribution >= 0.6 is 7.82 Å². The minimum atomic E-state index is -4.54. The van der Waals surface area contributed by atoms with Gasteiger partial charge < -0.3 is 24.6 Å². The monoisotopic (exact) mass is 971 g/mol. The highest BCUT2D eigenvalue weighted by atomic mass is 31.2. The number of aliphatic hydroxyl groups is 2. The summed E-state index contributed by atoms with van der Waals surface area (Å²) in [6, 6.07) is 0. The molecule has 0 saturated heterocycles. The van der Waals surface area contributed by atoms with E-state index in [0.29, 0.717) is 13.0 Å². The van der Waals surface area contributed by atoms with Crippen LogP contribution in [-0.4, -0.2) is 66.3 Å². The maximum atomic E-state index is 12.7. The third-order valence-electron chi connectivity index (χ3n) is 10.9. The van der Waals surface area contributed by atoms with E-state index < -0.39 is 45.8 Å². The molecule has 0 aromatic rings. The summed E-state index contributed by atoms with van der Waals surface area (Å²) in [5, 5.41) is 18.4. The molecule has 0 bridgehead atoms. The van der Waals surface area contributed by atoms with Crippen molar-refractivity contribution in [1.29, 1.82) is 0 Å². The van der Waals surface area contributed by atoms with Crippen LogP contribution in [0.2, 0.25) is 0 Å². The first kappa shape index (κ1) is 65.1. The molecule has 0 spiro atoms. The Morgan fingerprint density at radius 3 is 1.26 bits per heavy atom. The highest BCUT2D eigenvalue weighted by molar-refractivity contribution is 7.47. The third-order valence-corrected chi connectivity index (χ3v) is 11.9. The number of esters is 1. The first-order valence-electron chi connectivity index (χ1n) is 26.9. The van der Waals surface area contributed by atoms with Crippen LogP contribution in [0.1, 0.15) is 206 Å². The van der Waals surface area contributed by atoms with Crippen LogP contribution in [-0.2, 0) is 27.9 Å². The molecule has 68 heavy (non-hydrogen) atoms. The van der Waals surface area contributed by atoms with Crippen LogP contribution in [0.5, 0.6) is 0 Å². The summed E-state index contributed by atoms with van der Waals surface area (Å²) < 4.78 is 33.5. The van der Waals surface area contributed by atoms with Gasteiger partial charge in [-0.15, -0.1) is 0 Å². The number of unbranched alkanes of at least 4 members (excludes halogenated alkanes) is 18. The molecule has 3 unspecified atom stereocenters. The van der Waals surface area contributed by atoms with Gasteiger partial charge in [0.1, 0.15) is 12.2 Å². The topological polar surface area (TPSA) is 132 Å². The van der Waals surface area contributed by atoms with E-state index in [0.717, 1.165) is 116 Å². The molecule has 0 aromatic carbocycles. The Labute approximate surface area is 416 Å². The second kappa shape index (κ2) is 53.5. The third kappa shape index (κ3) is 52.5. The fraction of sp³-hybridized carbons (Fsp3) is 0.672. The Balaban J connectivity index is 4.16. The van der Waals surface area contributed by atoms with Gasteiger partial charge in [-0.25, -0.2) is 4.57 Å². The molecule has 3 N–H and O–H groups in total. The zero-order chi connectivity index (χ0) is 49.5. The number of aliphatic hydroxyl groups excluding tert-OH is 2. The van der Waals surface area contributed by atoms with Crippen molar-refractivity contribution < 1.29 is 43.0 Å². The lowest BCUT2D eigenvalue weighted by Gasteiger charge is -2.20. The van der Waals surface area contributed by atoms with Gasteiger partial charge in [-0.05, 0) is 103 Å². The molecule has 0 saturated carbocycles. The first-order valence-corrected chi connectivity index (χ1v) is 28.4. The van der Waals surface area contributed by atoms with Gasteiger partial charge in [0.2, 0.25) is 0 Å². The standard InChI is InChI=1S/C58H99O9P/c1-3-5-7-9-11-13-15-17-19-21-23-25-27-29-31-33-35-37-39-41-43-45-47-49-51-64-54-57(55-66-68(62,63)65-53-56(60)52-59)67-58(61)50-48-46-44-42-40-38-36-34-32-30-28-26-24-22-20-18-16-14-12-10-8-6-4-2/h5,7,11,13,16-19,22-25,28-31,35,37,56-57,59-60H,3-4,6,8-10,12,14-15,20-21,26-27,32-34,36,38-55H2,1-2H3,(H,62,63)/b7-5-,13-11-,18-16-,19-17-,24-22-,25-23-,30-28-,31-29-,37-35-. The highest BCUT2D eigenvalue weighted by Crippen LogP contribution is 2.43. The Kier molecular flexibility index (Phi) is 51.2. The molecule has 0 heterocycles. The van der Waals surface area contributed by atoms with Crippen molar-refractivity contribution in [2.75, 3.05) is 33.0 Å². The SMILES string of the molecule is CC/C=C\C/C=C\C/C=C\C/C=C\C/C=C\C/C=C\CCCCCCCOCC(COP(=O)(O)OCC(O)CO)OC(=O)CCCCCCCCCC/C=C\C/C=C\C/C=C\CCCCCCC. The van der Waals surface area contributed by atoms with E-state index in [1.54, 1.807) is 0 Å². The Bertz CT molecular complexity index is 1430. The van der Waals surface area contributed by atoms with E-state index in [4.69, 9.17) is 23.6 Å². The quantitative estimate of drug-likeness (QED) is 0.0236. The van der Waals surface area contributed by atoms with Gasteiger partial charge in [-0.1, -0.05) is 207 Å². The number of ether oxygens (including phenoxy) is 2. The molecule has 0 fully saturated rings. The second-order valence-corrected chi connectivity index (χ2v) is 19.0. The molecular formula is C58H99O9P. The summed E-state index contributed by atoms with van der Waals surface area (Å²) in [5.74, 6) is -0.401. The van der Waals surface area contributed by atoms with Crippen molar-refractivity contribution in [3.8, 4) is 0 Å². The van der Waals surface area contributed by atoms with Crippen molar-refractivity contribution >= 4 is 13.8 Å². The second-order valence-electron chi connectivity index (χ2n) is 17.5. The van der Waals surface area contributed by atoms with Gasteiger partial charge >= 0.3 is 13.8 Å². The average Bonchev–Trinajstić information content (AvgIpc) is 3.33. The summed E-state index contributed by atoms with van der Waals surface area (Å²) in [6.45, 7) is 3.33. The molecule has 0 aromatic heterocycles. The lowest BCUT2D eigenvalue weighted by molar-refractivity contribution is -0.154. The fourth-order valence-electron chi connectivity index (χ4n) is 6.90. The number of rotatable bonds is 50. The predicted octanol–water partition coefficient (Wildman–Crippen LogP) is 16.2. The zero-order valence-corrected chi connectivity index (χ0v) is 43.9. The van der Waals surface area contributed by atoms with Crippen molar-refractivity contribution in [3.63, 3.8) is 0 Å². The zero-order valence-electron chi connectivity index (χ0n) is 43.0. The van der Waals surface area contributed by atoms with Gasteiger partial charge in [0.05, 0.1) is 26.4 Å². The summed E-state index contributed by atoms with van der Waals surface area (Å²) in [7, 11) is -4.54. The van der Waals surface area contributed by atoms with Gasteiger partial charge in [0.25, 0.3) is 0 Å². The van der Waals surface area contributed by atoms with E-state index in [-0.39, 0.29) is 13.0 Å². The number of phosphoric acid groups is 1. The first-order chi connectivity index (χ1) is 33.3. The molecule has 0 amide bonds. The van der Waals surface area contributed by atoms with E-state index in [1.807, 2.05) is 0 Å². The molecule has 0 aliphatic rings. The summed E-state index contributed by atoms with van der Waals surface area (Å²) in [4.78, 5) is 22.7. The smallest absolute Gasteiger partial charge is 0.457 e. The van der Waals surface area contributed by atoms with E-state index in [2.05, 4.69) is 123 Å². The average molecular weight is 971 g/mol. The minimum Gasteiger partial charge on any atom is -0.457 e. The molecule has 390 valence electrons. The number of phosphoric ester groups is 1. The van der Waals surface area contributed by atoms with Crippen LogP contribution < -0.4 is 0 Å². The van der Waals surface area contributed by atoms with Gasteiger partial charge in [-0.2, -0.15) is 0 Å². The van der Waals surface area contributed by atoms with E-state index in [9.17, 15) is 19.4 Å². The Morgan fingerprint density at radius 2 is 0.838 bits per heavy atom. The molecule has 9 nitrogen and oxygen atoms in total. The van der Waals surface area contributed by atoms with Crippen molar-refractivity contribution in [1.82, 2.24) is 0 Å². The van der Waals surface area contributed by atoms with Crippen LogP contribution in [0.3, 0.4) is 0 Å². The summed E-state index contributed by atoms with van der Waals surface area (Å²) >= 11 is 0. The fourth-order valence-corrected chi connectivity index (χ4v) is 7.68. The molecular weight excluding hydrogens is 872 g/mol. The van der Waals surface area contributed by atoms with Crippen LogP contribution in [0, 0.1) is 0 Å². The van der Waals surface area contributed by atoms with E-state index >= 15 is 0 Å². The molecule has 0 aliphatic heterocycles. The van der Waals surface area contributed by atoms with Crippen molar-refractivity contribution in [2.24, 2.45) is 0 Å². The summed E-state index contributed by atoms with van der Waals surface area (Å²) in [6.07, 6.45) is 70.5. The summed E-state index contributed by atoms with van der Waals surface area (Å²) in [5.41, 5.74) is 0. The number of allylic oxidation sites excluding steroid dienone is 18.